The Hall–Kier alpha value is -2.44. The lowest BCUT2D eigenvalue weighted by atomic mass is 10.1. The Balaban J connectivity index is 2.26. The molecule has 0 aliphatic carbocycles. The molecule has 0 saturated heterocycles. The van der Waals surface area contributed by atoms with Crippen molar-refractivity contribution >= 4 is 5.84 Å². The summed E-state index contributed by atoms with van der Waals surface area (Å²) in [5.74, 6) is 0.838. The van der Waals surface area contributed by atoms with E-state index in [0.29, 0.717) is 12.0 Å². The minimum Gasteiger partial charge on any atom is -0.409 e. The standard InChI is InChI=1S/C10H12N6O/c1-16-9(12-14-15-16)6-7-3-2-4-8(5-7)10(11)13-17/h2-5,17H,6H2,1H3,(H2,11,13). The van der Waals surface area contributed by atoms with Gasteiger partial charge in [-0.3, -0.25) is 0 Å². The molecule has 88 valence electrons. The van der Waals surface area contributed by atoms with Gasteiger partial charge in [-0.05, 0) is 22.1 Å². The zero-order valence-corrected chi connectivity index (χ0v) is 9.28. The van der Waals surface area contributed by atoms with E-state index in [-0.39, 0.29) is 5.84 Å². The molecule has 0 spiro atoms. The van der Waals surface area contributed by atoms with Gasteiger partial charge in [0.25, 0.3) is 0 Å². The van der Waals surface area contributed by atoms with Gasteiger partial charge in [-0.25, -0.2) is 4.68 Å². The first kappa shape index (κ1) is 11.1. The predicted octanol–water partition coefficient (Wildman–Crippen LogP) is -0.105. The molecule has 7 nitrogen and oxygen atoms in total. The topological polar surface area (TPSA) is 102 Å². The van der Waals surface area contributed by atoms with Crippen molar-refractivity contribution in [3.05, 3.63) is 41.2 Å². The maximum Gasteiger partial charge on any atom is 0.170 e. The van der Waals surface area contributed by atoms with Gasteiger partial charge in [0.1, 0.15) is 0 Å². The Morgan fingerprint density at radius 1 is 1.53 bits per heavy atom. The number of hydrogen-bond acceptors (Lipinski definition) is 5. The van der Waals surface area contributed by atoms with Crippen LogP contribution in [-0.4, -0.2) is 31.3 Å². The minimum absolute atomic E-state index is 0.0861. The molecule has 1 aromatic carbocycles. The van der Waals surface area contributed by atoms with Crippen LogP contribution in [0.15, 0.2) is 29.4 Å². The van der Waals surface area contributed by atoms with Gasteiger partial charge in [-0.2, -0.15) is 0 Å². The van der Waals surface area contributed by atoms with E-state index < -0.39 is 0 Å². The average Bonchev–Trinajstić information content (AvgIpc) is 2.74. The Morgan fingerprint density at radius 3 is 3.00 bits per heavy atom. The number of nitrogens with zero attached hydrogens (tertiary/aromatic N) is 5. The van der Waals surface area contributed by atoms with E-state index in [9.17, 15) is 0 Å². The summed E-state index contributed by atoms with van der Waals surface area (Å²) in [7, 11) is 1.78. The molecule has 0 saturated carbocycles. The highest BCUT2D eigenvalue weighted by Gasteiger charge is 2.05. The van der Waals surface area contributed by atoms with Gasteiger partial charge in [0.2, 0.25) is 0 Å². The zero-order valence-electron chi connectivity index (χ0n) is 9.28. The number of aryl methyl sites for hydroxylation is 1. The Bertz CT molecular complexity index is 547. The second kappa shape index (κ2) is 4.60. The molecule has 3 N–H and O–H groups in total. The van der Waals surface area contributed by atoms with Crippen LogP contribution in [0.2, 0.25) is 0 Å². The Morgan fingerprint density at radius 2 is 2.35 bits per heavy atom. The third-order valence-electron chi connectivity index (χ3n) is 2.40. The van der Waals surface area contributed by atoms with Crippen molar-refractivity contribution in [1.29, 1.82) is 0 Å². The van der Waals surface area contributed by atoms with E-state index in [2.05, 4.69) is 20.7 Å². The van der Waals surface area contributed by atoms with Crippen LogP contribution in [0.1, 0.15) is 17.0 Å². The molecule has 0 radical (unpaired) electrons. The van der Waals surface area contributed by atoms with Crippen molar-refractivity contribution in [3.63, 3.8) is 0 Å². The van der Waals surface area contributed by atoms with E-state index in [1.165, 1.54) is 0 Å². The smallest absolute Gasteiger partial charge is 0.170 e. The first-order valence-corrected chi connectivity index (χ1v) is 4.99. The van der Waals surface area contributed by atoms with E-state index in [0.717, 1.165) is 11.4 Å². The molecule has 7 heteroatoms. The van der Waals surface area contributed by atoms with Gasteiger partial charge in [-0.15, -0.1) is 5.10 Å². The fourth-order valence-electron chi connectivity index (χ4n) is 1.48. The van der Waals surface area contributed by atoms with Crippen LogP contribution in [0.4, 0.5) is 0 Å². The molecular weight excluding hydrogens is 220 g/mol. The fraction of sp³-hybridized carbons (Fsp3) is 0.200. The number of hydrogen-bond donors (Lipinski definition) is 2. The maximum absolute atomic E-state index is 8.61. The molecule has 0 bridgehead atoms. The highest BCUT2D eigenvalue weighted by atomic mass is 16.4. The number of rotatable bonds is 3. The summed E-state index contributed by atoms with van der Waals surface area (Å²) in [6.07, 6.45) is 0.593. The number of tetrazole rings is 1. The van der Waals surface area contributed by atoms with Crippen molar-refractivity contribution in [2.24, 2.45) is 17.9 Å². The largest absolute Gasteiger partial charge is 0.409 e. The molecule has 0 atom stereocenters. The predicted molar refractivity (Wildman–Crippen MR) is 60.6 cm³/mol. The molecule has 1 aromatic heterocycles. The van der Waals surface area contributed by atoms with E-state index in [4.69, 9.17) is 10.9 Å². The molecule has 0 aliphatic rings. The third-order valence-corrected chi connectivity index (χ3v) is 2.40. The lowest BCUT2D eigenvalue weighted by Gasteiger charge is -2.03. The first-order valence-electron chi connectivity index (χ1n) is 4.99. The van der Waals surface area contributed by atoms with Gasteiger partial charge >= 0.3 is 0 Å². The second-order valence-electron chi connectivity index (χ2n) is 3.58. The normalized spacial score (nSPS) is 11.7. The maximum atomic E-state index is 8.61. The number of oxime groups is 1. The minimum atomic E-state index is 0.0861. The van der Waals surface area contributed by atoms with Crippen LogP contribution in [0.3, 0.4) is 0 Å². The third kappa shape index (κ3) is 2.39. The van der Waals surface area contributed by atoms with Crippen molar-refractivity contribution in [1.82, 2.24) is 20.2 Å². The van der Waals surface area contributed by atoms with Crippen LogP contribution in [-0.2, 0) is 13.5 Å². The average molecular weight is 232 g/mol. The summed E-state index contributed by atoms with van der Waals surface area (Å²) >= 11 is 0. The number of aromatic nitrogens is 4. The molecule has 0 unspecified atom stereocenters. The molecule has 2 rings (SSSR count). The van der Waals surface area contributed by atoms with Crippen molar-refractivity contribution < 1.29 is 5.21 Å². The lowest BCUT2D eigenvalue weighted by Crippen LogP contribution is -2.13. The molecule has 0 fully saturated rings. The molecule has 0 aliphatic heterocycles. The molecule has 0 amide bonds. The van der Waals surface area contributed by atoms with Crippen molar-refractivity contribution in [2.75, 3.05) is 0 Å². The SMILES string of the molecule is Cn1nnnc1Cc1cccc(C(N)=NO)c1. The van der Waals surface area contributed by atoms with Crippen LogP contribution in [0.5, 0.6) is 0 Å². The fourth-order valence-corrected chi connectivity index (χ4v) is 1.48. The molecular formula is C10H12N6O. The van der Waals surface area contributed by atoms with Crippen molar-refractivity contribution in [2.45, 2.75) is 6.42 Å². The Kier molecular flexibility index (Phi) is 2.99. The highest BCUT2D eigenvalue weighted by molar-refractivity contribution is 5.97. The molecule has 2 aromatic rings. The summed E-state index contributed by atoms with van der Waals surface area (Å²) in [5, 5.41) is 22.8. The number of nitrogens with two attached hydrogens (primary N) is 1. The van der Waals surface area contributed by atoms with Crippen molar-refractivity contribution in [3.8, 4) is 0 Å². The summed E-state index contributed by atoms with van der Waals surface area (Å²) in [6.45, 7) is 0. The zero-order chi connectivity index (χ0) is 12.3. The molecule has 17 heavy (non-hydrogen) atoms. The first-order chi connectivity index (χ1) is 8.20. The summed E-state index contributed by atoms with van der Waals surface area (Å²) in [5.41, 5.74) is 7.18. The van der Waals surface area contributed by atoms with Gasteiger partial charge in [0, 0.05) is 19.0 Å². The van der Waals surface area contributed by atoms with Crippen LogP contribution >= 0.6 is 0 Å². The van der Waals surface area contributed by atoms with E-state index in [1.807, 2.05) is 18.2 Å². The highest BCUT2D eigenvalue weighted by Crippen LogP contribution is 2.09. The summed E-state index contributed by atoms with van der Waals surface area (Å²) < 4.78 is 1.61. The number of benzene rings is 1. The monoisotopic (exact) mass is 232 g/mol. The van der Waals surface area contributed by atoms with E-state index in [1.54, 1.807) is 17.8 Å². The van der Waals surface area contributed by atoms with E-state index >= 15 is 0 Å². The summed E-state index contributed by atoms with van der Waals surface area (Å²) in [6, 6.07) is 7.38. The lowest BCUT2D eigenvalue weighted by molar-refractivity contribution is 0.318. The van der Waals surface area contributed by atoms with Gasteiger partial charge < -0.3 is 10.9 Å². The summed E-state index contributed by atoms with van der Waals surface area (Å²) in [4.78, 5) is 0. The van der Waals surface area contributed by atoms with Crippen LogP contribution < -0.4 is 5.73 Å². The van der Waals surface area contributed by atoms with Crippen LogP contribution in [0.25, 0.3) is 0 Å². The Labute approximate surface area is 97.6 Å². The van der Waals surface area contributed by atoms with Crippen LogP contribution in [0, 0.1) is 0 Å². The van der Waals surface area contributed by atoms with Gasteiger partial charge in [0.15, 0.2) is 11.7 Å². The molecule has 1 heterocycles. The van der Waals surface area contributed by atoms with Gasteiger partial charge in [0.05, 0.1) is 0 Å². The second-order valence-corrected chi connectivity index (χ2v) is 3.58. The number of amidine groups is 1. The quantitative estimate of drug-likeness (QED) is 0.333. The van der Waals surface area contributed by atoms with Gasteiger partial charge in [-0.1, -0.05) is 23.4 Å².